The van der Waals surface area contributed by atoms with Crippen molar-refractivity contribution in [3.8, 4) is 0 Å². The molecule has 2 aliphatic heterocycles. The van der Waals surface area contributed by atoms with Crippen LogP contribution in [0.25, 0.3) is 0 Å². The highest BCUT2D eigenvalue weighted by molar-refractivity contribution is 5.79. The highest BCUT2D eigenvalue weighted by Crippen LogP contribution is 2.19. The molecule has 1 unspecified atom stereocenters. The van der Waals surface area contributed by atoms with E-state index in [9.17, 15) is 9.59 Å². The molecule has 0 aromatic rings. The predicted octanol–water partition coefficient (Wildman–Crippen LogP) is 0.0818. The first-order valence-electron chi connectivity index (χ1n) is 7.88. The van der Waals surface area contributed by atoms with Gasteiger partial charge in [-0.1, -0.05) is 0 Å². The van der Waals surface area contributed by atoms with Gasteiger partial charge in [-0.05, 0) is 39.3 Å². The third-order valence-electron chi connectivity index (χ3n) is 4.66. The van der Waals surface area contributed by atoms with Crippen LogP contribution in [-0.4, -0.2) is 74.6 Å². The third kappa shape index (κ3) is 4.41. The van der Waals surface area contributed by atoms with Crippen LogP contribution in [-0.2, 0) is 14.3 Å². The molecule has 1 atom stereocenters. The number of likely N-dealkylation sites (N-methyl/N-ethyl adjacent to an activating group) is 1. The molecule has 21 heavy (non-hydrogen) atoms. The molecule has 1 amide bonds. The maximum Gasteiger partial charge on any atom is 0.308 e. The molecule has 0 saturated carbocycles. The van der Waals surface area contributed by atoms with Gasteiger partial charge in [-0.2, -0.15) is 0 Å². The Kier molecular flexibility index (Phi) is 5.99. The summed E-state index contributed by atoms with van der Waals surface area (Å²) in [5, 5.41) is 3.38. The maximum absolute atomic E-state index is 12.3. The zero-order valence-electron chi connectivity index (χ0n) is 13.1. The highest BCUT2D eigenvalue weighted by atomic mass is 16.5. The average Bonchev–Trinajstić information content (AvgIpc) is 2.55. The molecule has 2 saturated heterocycles. The Morgan fingerprint density at radius 2 is 2.00 bits per heavy atom. The molecule has 120 valence electrons. The lowest BCUT2D eigenvalue weighted by molar-refractivity contribution is -0.149. The quantitative estimate of drug-likeness (QED) is 0.745. The molecule has 1 N–H and O–H groups in total. The van der Waals surface area contributed by atoms with Crippen LogP contribution in [0.5, 0.6) is 0 Å². The van der Waals surface area contributed by atoms with Crippen LogP contribution in [0.4, 0.5) is 0 Å². The van der Waals surface area contributed by atoms with Gasteiger partial charge in [0.25, 0.3) is 0 Å². The molecule has 0 aromatic carbocycles. The minimum absolute atomic E-state index is 0.0423. The average molecular weight is 297 g/mol. The third-order valence-corrected chi connectivity index (χ3v) is 4.66. The smallest absolute Gasteiger partial charge is 0.308 e. The first-order chi connectivity index (χ1) is 10.1. The summed E-state index contributed by atoms with van der Waals surface area (Å²) in [5.41, 5.74) is 0. The second-order valence-electron chi connectivity index (χ2n) is 6.09. The van der Waals surface area contributed by atoms with Gasteiger partial charge < -0.3 is 15.0 Å². The molecule has 2 heterocycles. The van der Waals surface area contributed by atoms with Crippen molar-refractivity contribution >= 4 is 11.9 Å². The molecular formula is C15H27N3O3. The monoisotopic (exact) mass is 297 g/mol. The number of nitrogens with one attached hydrogen (secondary N) is 1. The molecule has 2 fully saturated rings. The van der Waals surface area contributed by atoms with Crippen molar-refractivity contribution < 1.29 is 14.3 Å². The lowest BCUT2D eigenvalue weighted by atomic mass is 9.97. The van der Waals surface area contributed by atoms with Crippen molar-refractivity contribution in [2.75, 3.05) is 46.9 Å². The Morgan fingerprint density at radius 3 is 2.57 bits per heavy atom. The van der Waals surface area contributed by atoms with Crippen LogP contribution in [0.2, 0.25) is 0 Å². The SMILES string of the molecule is COC(=O)C1CCN(C(=O)CN(C)C2CCCNC2)CC1. The summed E-state index contributed by atoms with van der Waals surface area (Å²) in [4.78, 5) is 27.9. The molecular weight excluding hydrogens is 270 g/mol. The summed E-state index contributed by atoms with van der Waals surface area (Å²) >= 11 is 0. The van der Waals surface area contributed by atoms with E-state index in [0.717, 1.165) is 19.5 Å². The van der Waals surface area contributed by atoms with Gasteiger partial charge in [0, 0.05) is 25.7 Å². The number of hydrogen-bond acceptors (Lipinski definition) is 5. The van der Waals surface area contributed by atoms with Crippen LogP contribution in [0.3, 0.4) is 0 Å². The zero-order chi connectivity index (χ0) is 15.2. The largest absolute Gasteiger partial charge is 0.469 e. The van der Waals surface area contributed by atoms with Crippen LogP contribution < -0.4 is 5.32 Å². The molecule has 0 bridgehead atoms. The maximum atomic E-state index is 12.3. The highest BCUT2D eigenvalue weighted by Gasteiger charge is 2.29. The summed E-state index contributed by atoms with van der Waals surface area (Å²) in [7, 11) is 3.45. The van der Waals surface area contributed by atoms with Crippen molar-refractivity contribution in [3.63, 3.8) is 0 Å². The predicted molar refractivity (Wildman–Crippen MR) is 79.8 cm³/mol. The van der Waals surface area contributed by atoms with Gasteiger partial charge in [0.05, 0.1) is 19.6 Å². The minimum Gasteiger partial charge on any atom is -0.469 e. The second-order valence-corrected chi connectivity index (χ2v) is 6.09. The Hall–Kier alpha value is -1.14. The van der Waals surface area contributed by atoms with Crippen molar-refractivity contribution in [2.24, 2.45) is 5.92 Å². The van der Waals surface area contributed by atoms with E-state index in [1.807, 2.05) is 11.9 Å². The molecule has 0 spiro atoms. The van der Waals surface area contributed by atoms with Crippen LogP contribution in [0, 0.1) is 5.92 Å². The number of nitrogens with zero attached hydrogens (tertiary/aromatic N) is 2. The summed E-state index contributed by atoms with van der Waals surface area (Å²) in [6.07, 6.45) is 3.76. The topological polar surface area (TPSA) is 61.9 Å². The molecule has 0 aromatic heterocycles. The number of likely N-dealkylation sites (tertiary alicyclic amines) is 1. The van der Waals surface area contributed by atoms with E-state index in [2.05, 4.69) is 10.2 Å². The molecule has 2 rings (SSSR count). The minimum atomic E-state index is -0.146. The van der Waals surface area contributed by atoms with Crippen molar-refractivity contribution in [1.82, 2.24) is 15.1 Å². The lowest BCUT2D eigenvalue weighted by Crippen LogP contribution is -2.50. The standard InChI is InChI=1S/C15H27N3O3/c1-17(13-4-3-7-16-10-13)11-14(19)18-8-5-12(6-9-18)15(20)21-2/h12-13,16H,3-11H2,1-2H3. The zero-order valence-corrected chi connectivity index (χ0v) is 13.1. The number of amides is 1. The molecule has 6 heteroatoms. The van der Waals surface area contributed by atoms with E-state index >= 15 is 0 Å². The van der Waals surface area contributed by atoms with Gasteiger partial charge in [0.15, 0.2) is 0 Å². The van der Waals surface area contributed by atoms with Crippen molar-refractivity contribution in [1.29, 1.82) is 0 Å². The van der Waals surface area contributed by atoms with Gasteiger partial charge in [-0.3, -0.25) is 14.5 Å². The van der Waals surface area contributed by atoms with E-state index < -0.39 is 0 Å². The Labute approximate surface area is 126 Å². The lowest BCUT2D eigenvalue weighted by Gasteiger charge is -2.35. The van der Waals surface area contributed by atoms with Crippen LogP contribution in [0.1, 0.15) is 25.7 Å². The number of hydrogen-bond donors (Lipinski definition) is 1. The van der Waals surface area contributed by atoms with E-state index in [1.165, 1.54) is 13.5 Å². The van der Waals surface area contributed by atoms with Gasteiger partial charge in [-0.25, -0.2) is 0 Å². The van der Waals surface area contributed by atoms with Crippen molar-refractivity contribution in [3.05, 3.63) is 0 Å². The number of carbonyl (C=O) groups is 2. The summed E-state index contributed by atoms with van der Waals surface area (Å²) < 4.78 is 4.77. The van der Waals surface area contributed by atoms with Crippen LogP contribution in [0.15, 0.2) is 0 Å². The Bertz CT molecular complexity index is 361. The second kappa shape index (κ2) is 7.75. The van der Waals surface area contributed by atoms with Gasteiger partial charge in [0.2, 0.25) is 5.91 Å². The Balaban J connectivity index is 1.75. The van der Waals surface area contributed by atoms with Crippen molar-refractivity contribution in [2.45, 2.75) is 31.7 Å². The fraction of sp³-hybridized carbons (Fsp3) is 0.867. The summed E-state index contributed by atoms with van der Waals surface area (Å²) in [6.45, 7) is 3.84. The number of carbonyl (C=O) groups excluding carboxylic acids is 2. The van der Waals surface area contributed by atoms with E-state index in [0.29, 0.717) is 38.5 Å². The molecule has 6 nitrogen and oxygen atoms in total. The van der Waals surface area contributed by atoms with Gasteiger partial charge >= 0.3 is 5.97 Å². The number of esters is 1. The Morgan fingerprint density at radius 1 is 1.29 bits per heavy atom. The van der Waals surface area contributed by atoms with Gasteiger partial charge in [-0.15, -0.1) is 0 Å². The normalized spacial score (nSPS) is 24.1. The summed E-state index contributed by atoms with van der Waals surface area (Å²) in [5.74, 6) is -0.0155. The van der Waals surface area contributed by atoms with Crippen LogP contribution >= 0.6 is 0 Å². The van der Waals surface area contributed by atoms with E-state index in [-0.39, 0.29) is 17.8 Å². The molecule has 0 aliphatic carbocycles. The van der Waals surface area contributed by atoms with E-state index in [4.69, 9.17) is 4.74 Å². The van der Waals surface area contributed by atoms with E-state index in [1.54, 1.807) is 0 Å². The molecule has 0 radical (unpaired) electrons. The van der Waals surface area contributed by atoms with Gasteiger partial charge in [0.1, 0.15) is 0 Å². The fourth-order valence-corrected chi connectivity index (χ4v) is 3.18. The number of methoxy groups -OCH3 is 1. The fourth-order valence-electron chi connectivity index (χ4n) is 3.18. The molecule has 2 aliphatic rings. The first-order valence-corrected chi connectivity index (χ1v) is 7.88. The summed E-state index contributed by atoms with van der Waals surface area (Å²) in [6, 6.07) is 0.454. The number of rotatable bonds is 4. The number of piperidine rings is 2. The first kappa shape index (κ1) is 16.2. The number of ether oxygens (including phenoxy) is 1.